The number of amides is 2. The summed E-state index contributed by atoms with van der Waals surface area (Å²) in [6.45, 7) is 1.32. The van der Waals surface area contributed by atoms with Gasteiger partial charge in [0.1, 0.15) is 0 Å². The molecule has 1 aromatic rings. The second kappa shape index (κ2) is 11.1. The smallest absolute Gasteiger partial charge is 0.295 e. The van der Waals surface area contributed by atoms with Crippen molar-refractivity contribution in [2.24, 2.45) is 11.7 Å². The molecule has 1 heterocycles. The summed E-state index contributed by atoms with van der Waals surface area (Å²) in [5.74, 6) is 0.272. The maximum Gasteiger partial charge on any atom is 0.295 e. The van der Waals surface area contributed by atoms with E-state index in [1.807, 2.05) is 19.0 Å². The molecule has 2 N–H and O–H groups in total. The van der Waals surface area contributed by atoms with E-state index in [1.165, 1.54) is 32.1 Å². The normalized spacial score (nSPS) is 16.3. The van der Waals surface area contributed by atoms with Gasteiger partial charge in [0.25, 0.3) is 11.7 Å². The molecular formula is C20H35N5O3. The Balaban J connectivity index is 1.93. The van der Waals surface area contributed by atoms with Crippen LogP contribution in [0.1, 0.15) is 80.2 Å². The number of nitrogens with zero attached hydrogens (tertiary/aromatic N) is 4. The van der Waals surface area contributed by atoms with Crippen molar-refractivity contribution in [2.75, 3.05) is 34.2 Å². The lowest BCUT2D eigenvalue weighted by Gasteiger charge is -2.22. The van der Waals surface area contributed by atoms with Gasteiger partial charge in [0.05, 0.1) is 0 Å². The van der Waals surface area contributed by atoms with E-state index < -0.39 is 5.91 Å². The molecule has 0 saturated heterocycles. The molecule has 1 aliphatic carbocycles. The summed E-state index contributed by atoms with van der Waals surface area (Å²) >= 11 is 0. The Morgan fingerprint density at radius 1 is 1.18 bits per heavy atom. The van der Waals surface area contributed by atoms with Gasteiger partial charge < -0.3 is 20.1 Å². The number of carbonyl (C=O) groups excluding carboxylic acids is 2. The number of hydrogen-bond donors (Lipinski definition) is 1. The number of rotatable bonds is 11. The first-order valence-corrected chi connectivity index (χ1v) is 10.4. The van der Waals surface area contributed by atoms with Crippen LogP contribution in [-0.2, 0) is 4.79 Å². The van der Waals surface area contributed by atoms with Gasteiger partial charge >= 0.3 is 0 Å². The lowest BCUT2D eigenvalue weighted by molar-refractivity contribution is -0.118. The fourth-order valence-corrected chi connectivity index (χ4v) is 3.79. The van der Waals surface area contributed by atoms with Crippen LogP contribution in [0, 0.1) is 5.92 Å². The van der Waals surface area contributed by atoms with Crippen LogP contribution in [0.4, 0.5) is 0 Å². The highest BCUT2D eigenvalue weighted by Gasteiger charge is 2.25. The third-order valence-electron chi connectivity index (χ3n) is 5.55. The van der Waals surface area contributed by atoms with Gasteiger partial charge in [-0.2, -0.15) is 4.98 Å². The zero-order chi connectivity index (χ0) is 20.5. The highest BCUT2D eigenvalue weighted by molar-refractivity contribution is 5.90. The highest BCUT2D eigenvalue weighted by Crippen LogP contribution is 2.31. The second-order valence-electron chi connectivity index (χ2n) is 8.29. The number of likely N-dealkylation sites (N-methyl/N-ethyl adjacent to an activating group) is 2. The molecule has 0 bridgehead atoms. The summed E-state index contributed by atoms with van der Waals surface area (Å²) in [6, 6.07) is 0. The van der Waals surface area contributed by atoms with Gasteiger partial charge in [-0.05, 0) is 26.4 Å². The highest BCUT2D eigenvalue weighted by atomic mass is 16.5. The Morgan fingerprint density at radius 3 is 2.54 bits per heavy atom. The standard InChI is InChI=1S/C20H35N5O3/c1-24(2)12-13-25(3)20(27)18-22-19(28-23-18)16(14-17(21)26)11-7-10-15-8-5-4-6-9-15/h15-16H,4-14H2,1-3H3,(H2,21,26). The molecule has 1 unspecified atom stereocenters. The van der Waals surface area contributed by atoms with Crippen LogP contribution in [0.15, 0.2) is 4.52 Å². The van der Waals surface area contributed by atoms with Crippen molar-refractivity contribution in [1.82, 2.24) is 19.9 Å². The first-order valence-electron chi connectivity index (χ1n) is 10.4. The molecule has 1 aromatic heterocycles. The van der Waals surface area contributed by atoms with Crippen LogP contribution in [0.2, 0.25) is 0 Å². The lowest BCUT2D eigenvalue weighted by atomic mass is 9.84. The van der Waals surface area contributed by atoms with Crippen LogP contribution >= 0.6 is 0 Å². The fraction of sp³-hybridized carbons (Fsp3) is 0.800. The Labute approximate surface area is 167 Å². The summed E-state index contributed by atoms with van der Waals surface area (Å²) in [6.07, 6.45) is 9.69. The van der Waals surface area contributed by atoms with E-state index in [0.717, 1.165) is 31.7 Å². The van der Waals surface area contributed by atoms with Gasteiger partial charge in [-0.1, -0.05) is 50.1 Å². The lowest BCUT2D eigenvalue weighted by Crippen LogP contribution is -2.34. The minimum absolute atomic E-state index is 0.0398. The Kier molecular flexibility index (Phi) is 8.89. The topological polar surface area (TPSA) is 106 Å². The minimum Gasteiger partial charge on any atom is -0.370 e. The molecule has 0 aromatic carbocycles. The van der Waals surface area contributed by atoms with E-state index in [0.29, 0.717) is 12.4 Å². The van der Waals surface area contributed by atoms with E-state index in [-0.39, 0.29) is 24.1 Å². The summed E-state index contributed by atoms with van der Waals surface area (Å²) in [5.41, 5.74) is 5.42. The van der Waals surface area contributed by atoms with E-state index >= 15 is 0 Å². The maximum absolute atomic E-state index is 12.5. The van der Waals surface area contributed by atoms with E-state index in [4.69, 9.17) is 10.3 Å². The molecule has 1 fully saturated rings. The van der Waals surface area contributed by atoms with Gasteiger partial charge in [0.2, 0.25) is 11.8 Å². The van der Waals surface area contributed by atoms with Gasteiger partial charge in [0, 0.05) is 32.5 Å². The average Bonchev–Trinajstić information content (AvgIpc) is 3.15. The molecule has 1 saturated carbocycles. The Morgan fingerprint density at radius 2 is 1.89 bits per heavy atom. The zero-order valence-electron chi connectivity index (χ0n) is 17.5. The van der Waals surface area contributed by atoms with Crippen LogP contribution in [0.25, 0.3) is 0 Å². The Hall–Kier alpha value is -1.96. The molecule has 0 spiro atoms. The van der Waals surface area contributed by atoms with Crippen molar-refractivity contribution in [1.29, 1.82) is 0 Å². The van der Waals surface area contributed by atoms with Crippen LogP contribution in [0.5, 0.6) is 0 Å². The van der Waals surface area contributed by atoms with Gasteiger partial charge in [-0.25, -0.2) is 0 Å². The Bertz CT molecular complexity index is 625. The largest absolute Gasteiger partial charge is 0.370 e. The third kappa shape index (κ3) is 7.22. The quantitative estimate of drug-likeness (QED) is 0.619. The molecule has 8 heteroatoms. The molecule has 8 nitrogen and oxygen atoms in total. The zero-order valence-corrected chi connectivity index (χ0v) is 17.5. The van der Waals surface area contributed by atoms with Crippen molar-refractivity contribution in [3.8, 4) is 0 Å². The van der Waals surface area contributed by atoms with E-state index in [1.54, 1.807) is 11.9 Å². The molecular weight excluding hydrogens is 358 g/mol. The summed E-state index contributed by atoms with van der Waals surface area (Å²) in [4.78, 5) is 31.8. The number of aromatic nitrogens is 2. The van der Waals surface area contributed by atoms with Crippen molar-refractivity contribution in [3.05, 3.63) is 11.7 Å². The molecule has 2 rings (SSSR count). The average molecular weight is 394 g/mol. The first-order chi connectivity index (χ1) is 13.4. The molecule has 1 atom stereocenters. The fourth-order valence-electron chi connectivity index (χ4n) is 3.79. The molecule has 0 radical (unpaired) electrons. The van der Waals surface area contributed by atoms with Gasteiger partial charge in [-0.15, -0.1) is 0 Å². The monoisotopic (exact) mass is 393 g/mol. The molecule has 158 valence electrons. The molecule has 2 amide bonds. The molecule has 1 aliphatic rings. The van der Waals surface area contributed by atoms with E-state index in [2.05, 4.69) is 10.1 Å². The summed E-state index contributed by atoms with van der Waals surface area (Å²) < 4.78 is 5.34. The number of carbonyl (C=O) groups is 2. The number of nitrogens with two attached hydrogens (primary N) is 1. The van der Waals surface area contributed by atoms with Gasteiger partial charge in [-0.3, -0.25) is 9.59 Å². The predicted octanol–water partition coefficient (Wildman–Crippen LogP) is 2.41. The van der Waals surface area contributed by atoms with Crippen LogP contribution < -0.4 is 5.73 Å². The third-order valence-corrected chi connectivity index (χ3v) is 5.55. The van der Waals surface area contributed by atoms with Crippen molar-refractivity contribution in [3.63, 3.8) is 0 Å². The van der Waals surface area contributed by atoms with Crippen molar-refractivity contribution < 1.29 is 14.1 Å². The van der Waals surface area contributed by atoms with Crippen molar-refractivity contribution in [2.45, 2.75) is 63.7 Å². The first kappa shape index (κ1) is 22.3. The number of primary amides is 1. The summed E-state index contributed by atoms with van der Waals surface area (Å²) in [5, 5.41) is 3.85. The maximum atomic E-state index is 12.5. The van der Waals surface area contributed by atoms with E-state index in [9.17, 15) is 9.59 Å². The van der Waals surface area contributed by atoms with Crippen molar-refractivity contribution >= 4 is 11.8 Å². The minimum atomic E-state index is -0.392. The number of hydrogen-bond acceptors (Lipinski definition) is 6. The SMILES string of the molecule is CN(C)CCN(C)C(=O)c1noc(C(CCCC2CCCCC2)CC(N)=O)n1. The predicted molar refractivity (Wildman–Crippen MR) is 107 cm³/mol. The molecule has 28 heavy (non-hydrogen) atoms. The second-order valence-corrected chi connectivity index (χ2v) is 8.29. The molecule has 0 aliphatic heterocycles. The van der Waals surface area contributed by atoms with Crippen LogP contribution in [-0.4, -0.2) is 66.0 Å². The summed E-state index contributed by atoms with van der Waals surface area (Å²) in [7, 11) is 5.62. The van der Waals surface area contributed by atoms with Crippen LogP contribution in [0.3, 0.4) is 0 Å². The van der Waals surface area contributed by atoms with Gasteiger partial charge in [0.15, 0.2) is 0 Å².